The Morgan fingerprint density at radius 2 is 1.18 bits per heavy atom. The smallest absolute Gasteiger partial charge is 0.253 e. The molecule has 1 aliphatic rings. The Labute approximate surface area is 376 Å². The molecule has 7 heteroatoms. The molecule has 0 spiro atoms. The molecule has 1 aliphatic heterocycles. The van der Waals surface area contributed by atoms with Gasteiger partial charge in [-0.1, -0.05) is 142 Å². The number of nitrogens with zero attached hydrogens (tertiary/aromatic N) is 1. The summed E-state index contributed by atoms with van der Waals surface area (Å²) in [5.74, 6) is 0.150. The third-order valence-corrected chi connectivity index (χ3v) is 11.5. The molecule has 0 saturated heterocycles. The van der Waals surface area contributed by atoms with Crippen molar-refractivity contribution in [2.45, 2.75) is 202 Å². The summed E-state index contributed by atoms with van der Waals surface area (Å²) in [6.45, 7) is 7.78. The van der Waals surface area contributed by atoms with Gasteiger partial charge in [-0.05, 0) is 135 Å². The summed E-state index contributed by atoms with van der Waals surface area (Å²) >= 11 is 1.65. The van der Waals surface area contributed by atoms with Crippen LogP contribution in [0.1, 0.15) is 216 Å². The molecule has 6 nitrogen and oxygen atoms in total. The van der Waals surface area contributed by atoms with Gasteiger partial charge in [0, 0.05) is 37.1 Å². The van der Waals surface area contributed by atoms with Crippen molar-refractivity contribution in [3.8, 4) is 0 Å². The molecule has 0 bridgehead atoms. The van der Waals surface area contributed by atoms with Gasteiger partial charge in [-0.25, -0.2) is 0 Å². The molecule has 2 N–H and O–H groups in total. The normalized spacial score (nSPS) is 12.6. The maximum Gasteiger partial charge on any atom is 0.253 e. The molecule has 0 radical (unpaired) electrons. The number of carbonyl (C=O) groups is 3. The lowest BCUT2D eigenvalue weighted by Crippen LogP contribution is -2.29. The Balaban J connectivity index is -0.00000130. The van der Waals surface area contributed by atoms with Gasteiger partial charge in [-0.15, -0.1) is 11.3 Å². The minimum Gasteiger partial charge on any atom is -0.352 e. The van der Waals surface area contributed by atoms with Crippen LogP contribution in [-0.2, 0) is 22.6 Å². The van der Waals surface area contributed by atoms with Crippen LogP contribution < -0.4 is 10.6 Å². The van der Waals surface area contributed by atoms with Crippen molar-refractivity contribution < 1.29 is 15.8 Å². The van der Waals surface area contributed by atoms with Gasteiger partial charge in [0.25, 0.3) is 5.91 Å². The fourth-order valence-electron chi connectivity index (χ4n) is 6.81. The number of ketones is 1. The van der Waals surface area contributed by atoms with Crippen LogP contribution in [0.3, 0.4) is 0 Å². The summed E-state index contributed by atoms with van der Waals surface area (Å²) in [6, 6.07) is 0. The molecule has 0 aromatic carbocycles. The number of unbranched alkanes of at least 4 members (excludes halogenated alkanes) is 17. The van der Waals surface area contributed by atoms with Crippen molar-refractivity contribution in [2.75, 3.05) is 33.7 Å². The minimum atomic E-state index is -0.00558. The van der Waals surface area contributed by atoms with Gasteiger partial charge in [0.15, 0.2) is 5.78 Å². The molecule has 1 aromatic heterocycles. The standard InChI is InChI=1S/C33H53N3O2S.C18H32O.2CH4.H2/c1-4-5-6-7-8-9-10-11-12-13-14-15-16-17-18-20-28(37)21-22-30-32(29-23-25-34-27-31(29)39-30)33(38)35-24-19-26-36(2)3;1-2-3-4-5-6-7-8-9-10-11-12-13-14-15-16-17-18-19;;;/h8-9,11-12,21-22,34H,4-7,10,13-20,23-27H2,1-3H3,(H,35,38);6-7,9-10,18H,2-5,8,11-17H2,1H3;2*1H4;1H/b9-8-,12-11-,22-21-;7-6-,10-9-;;;. The van der Waals surface area contributed by atoms with E-state index in [0.717, 1.165) is 99.7 Å². The largest absolute Gasteiger partial charge is 0.352 e. The minimum absolute atomic E-state index is 0. The monoisotopic (exact) mass is 854 g/mol. The second-order valence-electron chi connectivity index (χ2n) is 16.0. The second kappa shape index (κ2) is 44.2. The average molecular weight is 854 g/mol. The first-order valence-electron chi connectivity index (χ1n) is 23.5. The van der Waals surface area contributed by atoms with Crippen molar-refractivity contribution >= 4 is 35.4 Å². The third-order valence-electron chi connectivity index (χ3n) is 10.3. The first-order chi connectivity index (χ1) is 28.4. The maximum absolute atomic E-state index is 13.1. The number of carbonyl (C=O) groups excluding carboxylic acids is 3. The highest BCUT2D eigenvalue weighted by molar-refractivity contribution is 7.13. The lowest BCUT2D eigenvalue weighted by Gasteiger charge is -2.14. The number of amides is 1. The Morgan fingerprint density at radius 3 is 1.70 bits per heavy atom. The third kappa shape index (κ3) is 33.8. The number of aldehydes is 1. The topological polar surface area (TPSA) is 78.5 Å². The van der Waals surface area contributed by atoms with Gasteiger partial charge in [-0.2, -0.15) is 0 Å². The highest BCUT2D eigenvalue weighted by atomic mass is 32.1. The summed E-state index contributed by atoms with van der Waals surface area (Å²) < 4.78 is 0. The van der Waals surface area contributed by atoms with Crippen LogP contribution in [0.4, 0.5) is 0 Å². The van der Waals surface area contributed by atoms with Gasteiger partial charge in [0.1, 0.15) is 6.29 Å². The Morgan fingerprint density at radius 1 is 0.683 bits per heavy atom. The summed E-state index contributed by atoms with van der Waals surface area (Å²) in [5.41, 5.74) is 1.94. The summed E-state index contributed by atoms with van der Waals surface area (Å²) in [7, 11) is 4.08. The molecular formula is C53H95N3O3S. The first-order valence-corrected chi connectivity index (χ1v) is 24.3. The summed E-state index contributed by atoms with van der Waals surface area (Å²) in [5, 5.41) is 6.49. The lowest BCUT2D eigenvalue weighted by atomic mass is 10.0. The van der Waals surface area contributed by atoms with Crippen LogP contribution in [0.5, 0.6) is 0 Å². The predicted octanol–water partition coefficient (Wildman–Crippen LogP) is 15.0. The fourth-order valence-corrected chi connectivity index (χ4v) is 8.03. The van der Waals surface area contributed by atoms with E-state index in [2.05, 4.69) is 78.0 Å². The summed E-state index contributed by atoms with van der Waals surface area (Å²) in [4.78, 5) is 40.0. The molecule has 0 aliphatic carbocycles. The van der Waals surface area contributed by atoms with Gasteiger partial charge < -0.3 is 20.3 Å². The molecule has 0 fully saturated rings. The zero-order chi connectivity index (χ0) is 42.2. The zero-order valence-corrected chi connectivity index (χ0v) is 38.5. The molecule has 60 heavy (non-hydrogen) atoms. The van der Waals surface area contributed by atoms with E-state index < -0.39 is 0 Å². The van der Waals surface area contributed by atoms with E-state index in [1.165, 1.54) is 108 Å². The number of rotatable bonds is 35. The molecule has 0 unspecified atom stereocenters. The van der Waals surface area contributed by atoms with E-state index in [1.54, 1.807) is 17.4 Å². The van der Waals surface area contributed by atoms with Gasteiger partial charge in [0.2, 0.25) is 0 Å². The number of hydrogen-bond donors (Lipinski definition) is 2. The van der Waals surface area contributed by atoms with Crippen molar-refractivity contribution in [3.63, 3.8) is 0 Å². The van der Waals surface area contributed by atoms with E-state index in [1.807, 2.05) is 20.2 Å². The predicted molar refractivity (Wildman–Crippen MR) is 270 cm³/mol. The van der Waals surface area contributed by atoms with E-state index in [0.29, 0.717) is 13.0 Å². The molecule has 0 saturated carbocycles. The highest BCUT2D eigenvalue weighted by Crippen LogP contribution is 2.32. The maximum atomic E-state index is 13.1. The zero-order valence-electron chi connectivity index (χ0n) is 37.6. The van der Waals surface area contributed by atoms with Crippen LogP contribution in [0.2, 0.25) is 0 Å². The van der Waals surface area contributed by atoms with Crippen LogP contribution in [0.25, 0.3) is 6.08 Å². The Hall–Kier alpha value is -2.87. The van der Waals surface area contributed by atoms with Crippen molar-refractivity contribution in [1.29, 1.82) is 0 Å². The Kier molecular flexibility index (Phi) is 43.6. The van der Waals surface area contributed by atoms with Crippen LogP contribution in [-0.4, -0.2) is 56.6 Å². The van der Waals surface area contributed by atoms with Crippen molar-refractivity contribution in [1.82, 2.24) is 15.5 Å². The van der Waals surface area contributed by atoms with E-state index in [9.17, 15) is 14.4 Å². The quantitative estimate of drug-likeness (QED) is 0.0308. The van der Waals surface area contributed by atoms with Crippen molar-refractivity contribution in [3.05, 3.63) is 75.6 Å². The number of hydrogen-bond acceptors (Lipinski definition) is 6. The van der Waals surface area contributed by atoms with E-state index >= 15 is 0 Å². The summed E-state index contributed by atoms with van der Waals surface area (Å²) in [6.07, 6.45) is 52.8. The fraction of sp³-hybridized carbons (Fsp3) is 0.679. The van der Waals surface area contributed by atoms with Gasteiger partial charge in [0.05, 0.1) is 5.56 Å². The van der Waals surface area contributed by atoms with E-state index in [-0.39, 0.29) is 28.0 Å². The number of fused-ring (bicyclic) bond motifs is 1. The van der Waals surface area contributed by atoms with Gasteiger partial charge in [-0.3, -0.25) is 9.59 Å². The first kappa shape index (κ1) is 59.2. The molecule has 2 heterocycles. The molecule has 2 rings (SSSR count). The SMILES string of the molecule is C.C.CCCCC/C=C\C/C=C\CCCCCCCC(=O)/C=C\c1sc2c(c1C(=O)NCCCN(C)C)CCNC2.CCCCC/C=C\C/C=C\CCCCCCCC=O.[HH]. The Bertz CT molecular complexity index is 1330. The van der Waals surface area contributed by atoms with Crippen LogP contribution in [0.15, 0.2) is 54.7 Å². The highest BCUT2D eigenvalue weighted by Gasteiger charge is 2.24. The van der Waals surface area contributed by atoms with Crippen LogP contribution in [0, 0.1) is 0 Å². The molecule has 1 amide bonds. The molecule has 1 aromatic rings. The number of nitrogens with one attached hydrogen (secondary N) is 2. The molecule has 346 valence electrons. The second-order valence-corrected chi connectivity index (χ2v) is 17.2. The molecule has 0 atom stereocenters. The number of allylic oxidation sites excluding steroid dienone is 9. The lowest BCUT2D eigenvalue weighted by molar-refractivity contribution is -0.114. The van der Waals surface area contributed by atoms with Gasteiger partial charge >= 0.3 is 0 Å². The number of thiophene rings is 1. The van der Waals surface area contributed by atoms with Crippen LogP contribution >= 0.6 is 11.3 Å². The van der Waals surface area contributed by atoms with E-state index in [4.69, 9.17) is 0 Å². The average Bonchev–Trinajstić information content (AvgIpc) is 3.60. The van der Waals surface area contributed by atoms with Crippen molar-refractivity contribution in [2.24, 2.45) is 0 Å². The molecular weight excluding hydrogens is 759 g/mol.